The Kier molecular flexibility index (Phi) is 6.97. The largest absolute Gasteiger partial charge is 0.494 e. The lowest BCUT2D eigenvalue weighted by molar-refractivity contribution is 0.309. The van der Waals surface area contributed by atoms with Crippen LogP contribution >= 0.6 is 0 Å². The fourth-order valence-corrected chi connectivity index (χ4v) is 3.82. The Morgan fingerprint density at radius 2 is 1.39 bits per heavy atom. The molecule has 0 aromatic heterocycles. The number of fused-ring (bicyclic) bond motifs is 1. The summed E-state index contributed by atoms with van der Waals surface area (Å²) in [6.45, 7) is 2.81. The van der Waals surface area contributed by atoms with E-state index in [1.165, 1.54) is 0 Å². The molecule has 4 aromatic carbocycles. The Morgan fingerprint density at radius 1 is 0.697 bits per heavy atom. The molecule has 0 N–H and O–H groups in total. The van der Waals surface area contributed by atoms with Gasteiger partial charge in [-0.05, 0) is 77.2 Å². The SMILES string of the molecule is CCCCOc1ccc(-c2ccc3c(F)c(CCc4cc(F)c(F)c(F)c4)ccc3c2)cc1. The van der Waals surface area contributed by atoms with Crippen LogP contribution in [0.5, 0.6) is 5.75 Å². The summed E-state index contributed by atoms with van der Waals surface area (Å²) >= 11 is 0. The molecule has 170 valence electrons. The molecule has 0 saturated carbocycles. The van der Waals surface area contributed by atoms with Gasteiger partial charge in [-0.3, -0.25) is 0 Å². The number of ether oxygens (including phenoxy) is 1. The number of aryl methyl sites for hydroxylation is 2. The molecule has 0 fully saturated rings. The van der Waals surface area contributed by atoms with Crippen molar-refractivity contribution in [2.24, 2.45) is 0 Å². The van der Waals surface area contributed by atoms with Gasteiger partial charge in [0.2, 0.25) is 0 Å². The zero-order valence-corrected chi connectivity index (χ0v) is 18.3. The van der Waals surface area contributed by atoms with Crippen LogP contribution in [0.3, 0.4) is 0 Å². The second kappa shape index (κ2) is 10.1. The minimum absolute atomic E-state index is 0.196. The van der Waals surface area contributed by atoms with E-state index in [1.807, 2.05) is 42.5 Å². The second-order valence-electron chi connectivity index (χ2n) is 8.07. The van der Waals surface area contributed by atoms with Gasteiger partial charge in [0.1, 0.15) is 11.6 Å². The standard InChI is InChI=1S/C28H24F4O/c1-2-3-14-33-23-11-8-19(9-12-23)21-10-13-24-22(17-21)7-6-20(27(24)31)5-4-18-15-25(29)28(32)26(30)16-18/h6-13,15-17H,2-5,14H2,1H3. The van der Waals surface area contributed by atoms with Crippen molar-refractivity contribution >= 4 is 10.8 Å². The van der Waals surface area contributed by atoms with Gasteiger partial charge >= 0.3 is 0 Å². The Bertz CT molecular complexity index is 1240. The summed E-state index contributed by atoms with van der Waals surface area (Å²) in [5.74, 6) is -3.51. The first-order valence-corrected chi connectivity index (χ1v) is 11.0. The molecule has 0 aliphatic carbocycles. The second-order valence-corrected chi connectivity index (χ2v) is 8.07. The average molecular weight is 452 g/mol. The number of benzene rings is 4. The maximum absolute atomic E-state index is 15.1. The Morgan fingerprint density at radius 3 is 2.09 bits per heavy atom. The first kappa shape index (κ1) is 22.8. The van der Waals surface area contributed by atoms with E-state index >= 15 is 4.39 Å². The van der Waals surface area contributed by atoms with E-state index in [-0.39, 0.29) is 24.2 Å². The van der Waals surface area contributed by atoms with Gasteiger partial charge in [0.05, 0.1) is 6.61 Å². The van der Waals surface area contributed by atoms with E-state index < -0.39 is 17.5 Å². The third kappa shape index (κ3) is 5.19. The maximum Gasteiger partial charge on any atom is 0.194 e. The van der Waals surface area contributed by atoms with Crippen molar-refractivity contribution < 1.29 is 22.3 Å². The van der Waals surface area contributed by atoms with E-state index in [4.69, 9.17) is 4.74 Å². The lowest BCUT2D eigenvalue weighted by atomic mass is 9.97. The van der Waals surface area contributed by atoms with Gasteiger partial charge in [-0.1, -0.05) is 49.7 Å². The van der Waals surface area contributed by atoms with Gasteiger partial charge in [0, 0.05) is 5.39 Å². The normalized spacial score (nSPS) is 11.2. The van der Waals surface area contributed by atoms with Crippen LogP contribution < -0.4 is 4.74 Å². The van der Waals surface area contributed by atoms with Crippen LogP contribution in [0.25, 0.3) is 21.9 Å². The molecule has 0 amide bonds. The third-order valence-electron chi connectivity index (χ3n) is 5.71. The molecule has 0 atom stereocenters. The minimum Gasteiger partial charge on any atom is -0.494 e. The Labute approximate surface area is 190 Å². The molecule has 0 aliphatic heterocycles. The molecular weight excluding hydrogens is 428 g/mol. The fraction of sp³-hybridized carbons (Fsp3) is 0.214. The Hall–Kier alpha value is -3.34. The number of rotatable bonds is 8. The molecule has 0 heterocycles. The summed E-state index contributed by atoms with van der Waals surface area (Å²) in [5, 5.41) is 1.24. The zero-order chi connectivity index (χ0) is 23.4. The summed E-state index contributed by atoms with van der Waals surface area (Å²) in [6.07, 6.45) is 2.53. The fourth-order valence-electron chi connectivity index (χ4n) is 3.82. The first-order chi connectivity index (χ1) is 16.0. The van der Waals surface area contributed by atoms with Crippen LogP contribution in [0.2, 0.25) is 0 Å². The topological polar surface area (TPSA) is 9.23 Å². The van der Waals surface area contributed by atoms with Crippen molar-refractivity contribution in [1.82, 2.24) is 0 Å². The van der Waals surface area contributed by atoms with Gasteiger partial charge in [0.15, 0.2) is 17.5 Å². The third-order valence-corrected chi connectivity index (χ3v) is 5.71. The van der Waals surface area contributed by atoms with Crippen molar-refractivity contribution in [1.29, 1.82) is 0 Å². The summed E-state index contributed by atoms with van der Waals surface area (Å²) in [5.41, 5.74) is 2.69. The highest BCUT2D eigenvalue weighted by atomic mass is 19.2. The van der Waals surface area contributed by atoms with Crippen LogP contribution in [0.4, 0.5) is 17.6 Å². The Balaban J connectivity index is 1.51. The van der Waals surface area contributed by atoms with Crippen molar-refractivity contribution in [3.8, 4) is 16.9 Å². The molecule has 0 spiro atoms. The van der Waals surface area contributed by atoms with E-state index in [1.54, 1.807) is 12.1 Å². The lowest BCUT2D eigenvalue weighted by Crippen LogP contribution is -1.99. The van der Waals surface area contributed by atoms with E-state index in [9.17, 15) is 13.2 Å². The summed E-state index contributed by atoms with van der Waals surface area (Å²) in [4.78, 5) is 0. The molecular formula is C28H24F4O. The van der Waals surface area contributed by atoms with Gasteiger partial charge in [0.25, 0.3) is 0 Å². The van der Waals surface area contributed by atoms with Crippen molar-refractivity contribution in [3.63, 3.8) is 0 Å². The number of hydrogen-bond acceptors (Lipinski definition) is 1. The summed E-state index contributed by atoms with van der Waals surface area (Å²) in [7, 11) is 0. The summed E-state index contributed by atoms with van der Waals surface area (Å²) in [6, 6.07) is 18.8. The van der Waals surface area contributed by atoms with Gasteiger partial charge in [-0.25, -0.2) is 17.6 Å². The molecule has 1 nitrogen and oxygen atoms in total. The van der Waals surface area contributed by atoms with E-state index in [0.29, 0.717) is 17.6 Å². The van der Waals surface area contributed by atoms with Crippen LogP contribution in [-0.4, -0.2) is 6.61 Å². The van der Waals surface area contributed by atoms with Gasteiger partial charge < -0.3 is 4.74 Å². The molecule has 0 aliphatic rings. The zero-order valence-electron chi connectivity index (χ0n) is 18.3. The molecule has 4 rings (SSSR count). The molecule has 33 heavy (non-hydrogen) atoms. The minimum atomic E-state index is -1.50. The smallest absolute Gasteiger partial charge is 0.194 e. The van der Waals surface area contributed by atoms with Crippen molar-refractivity contribution in [2.75, 3.05) is 6.61 Å². The highest BCUT2D eigenvalue weighted by Crippen LogP contribution is 2.29. The number of unbranched alkanes of at least 4 members (excludes halogenated alkanes) is 1. The van der Waals surface area contributed by atoms with E-state index in [2.05, 4.69) is 6.92 Å². The number of hydrogen-bond donors (Lipinski definition) is 0. The van der Waals surface area contributed by atoms with Crippen LogP contribution in [0.15, 0.2) is 66.7 Å². The molecule has 0 radical (unpaired) electrons. The molecule has 5 heteroatoms. The average Bonchev–Trinajstić information content (AvgIpc) is 2.82. The lowest BCUT2D eigenvalue weighted by Gasteiger charge is -2.10. The summed E-state index contributed by atoms with van der Waals surface area (Å²) < 4.78 is 60.8. The first-order valence-electron chi connectivity index (χ1n) is 11.0. The van der Waals surface area contributed by atoms with E-state index in [0.717, 1.165) is 47.2 Å². The van der Waals surface area contributed by atoms with Gasteiger partial charge in [-0.2, -0.15) is 0 Å². The van der Waals surface area contributed by atoms with Crippen molar-refractivity contribution in [3.05, 3.63) is 101 Å². The molecule has 0 unspecified atom stereocenters. The van der Waals surface area contributed by atoms with Crippen LogP contribution in [0.1, 0.15) is 30.9 Å². The van der Waals surface area contributed by atoms with Crippen LogP contribution in [0, 0.1) is 23.3 Å². The van der Waals surface area contributed by atoms with Crippen molar-refractivity contribution in [2.45, 2.75) is 32.6 Å². The monoisotopic (exact) mass is 452 g/mol. The highest BCUT2D eigenvalue weighted by molar-refractivity contribution is 5.88. The number of halogens is 4. The molecule has 4 aromatic rings. The predicted octanol–water partition coefficient (Wildman–Crippen LogP) is 8.03. The van der Waals surface area contributed by atoms with Gasteiger partial charge in [-0.15, -0.1) is 0 Å². The van der Waals surface area contributed by atoms with Crippen LogP contribution in [-0.2, 0) is 12.8 Å². The molecule has 0 bridgehead atoms. The molecule has 0 saturated heterocycles. The quantitative estimate of drug-likeness (QED) is 0.149. The maximum atomic E-state index is 15.1. The highest BCUT2D eigenvalue weighted by Gasteiger charge is 2.13. The predicted molar refractivity (Wildman–Crippen MR) is 123 cm³/mol.